The summed E-state index contributed by atoms with van der Waals surface area (Å²) in [4.78, 5) is 0. The molecule has 0 atom stereocenters. The number of halogens is 1. The molecule has 1 aromatic heterocycles. The molecule has 2 rings (SSSR count). The zero-order valence-electron chi connectivity index (χ0n) is 10.7. The van der Waals surface area contributed by atoms with E-state index in [2.05, 4.69) is 10.4 Å². The monoisotopic (exact) mass is 265 g/mol. The summed E-state index contributed by atoms with van der Waals surface area (Å²) in [6.45, 7) is 2.54. The van der Waals surface area contributed by atoms with E-state index in [-0.39, 0.29) is 0 Å². The van der Waals surface area contributed by atoms with E-state index >= 15 is 0 Å². The molecular formula is C13H16ClN3O. The van der Waals surface area contributed by atoms with Crippen LogP contribution in [0.4, 0.5) is 5.69 Å². The maximum absolute atomic E-state index is 6.18. The standard InChI is InChI=1S/C13H16ClN3O/c1-9-13(14)12(17(2)16-9)8-15-10-4-6-11(18-3)7-5-10/h4-7,15H,8H2,1-3H3. The van der Waals surface area contributed by atoms with Crippen molar-refractivity contribution in [2.75, 3.05) is 12.4 Å². The lowest BCUT2D eigenvalue weighted by molar-refractivity contribution is 0.415. The third kappa shape index (κ3) is 2.59. The molecule has 1 heterocycles. The molecule has 0 aliphatic carbocycles. The van der Waals surface area contributed by atoms with Gasteiger partial charge in [-0.25, -0.2) is 0 Å². The summed E-state index contributed by atoms with van der Waals surface area (Å²) in [7, 11) is 3.55. The Kier molecular flexibility index (Phi) is 3.77. The Hall–Kier alpha value is -1.68. The summed E-state index contributed by atoms with van der Waals surface area (Å²) in [5.74, 6) is 0.843. The molecule has 0 aliphatic heterocycles. The van der Waals surface area contributed by atoms with Crippen LogP contribution in [0.3, 0.4) is 0 Å². The molecule has 96 valence electrons. The van der Waals surface area contributed by atoms with Gasteiger partial charge in [-0.15, -0.1) is 0 Å². The first-order chi connectivity index (χ1) is 8.61. The number of rotatable bonds is 4. The first-order valence-electron chi connectivity index (χ1n) is 5.67. The van der Waals surface area contributed by atoms with Gasteiger partial charge in [0.25, 0.3) is 0 Å². The van der Waals surface area contributed by atoms with Gasteiger partial charge in [-0.3, -0.25) is 4.68 Å². The van der Waals surface area contributed by atoms with E-state index in [0.29, 0.717) is 6.54 Å². The molecule has 0 fully saturated rings. The second-order valence-electron chi connectivity index (χ2n) is 4.05. The van der Waals surface area contributed by atoms with Crippen molar-refractivity contribution in [3.8, 4) is 5.75 Å². The smallest absolute Gasteiger partial charge is 0.119 e. The molecular weight excluding hydrogens is 250 g/mol. The van der Waals surface area contributed by atoms with Gasteiger partial charge < -0.3 is 10.1 Å². The minimum atomic E-state index is 0.641. The number of nitrogens with zero attached hydrogens (tertiary/aromatic N) is 2. The van der Waals surface area contributed by atoms with Gasteiger partial charge in [-0.1, -0.05) is 11.6 Å². The third-order valence-electron chi connectivity index (χ3n) is 2.81. The van der Waals surface area contributed by atoms with Crippen LogP contribution in [0.25, 0.3) is 0 Å². The van der Waals surface area contributed by atoms with Crippen LogP contribution in [-0.2, 0) is 13.6 Å². The average Bonchev–Trinajstić information content (AvgIpc) is 2.62. The molecule has 4 nitrogen and oxygen atoms in total. The van der Waals surface area contributed by atoms with Crippen LogP contribution < -0.4 is 10.1 Å². The van der Waals surface area contributed by atoms with Crippen molar-refractivity contribution < 1.29 is 4.74 Å². The van der Waals surface area contributed by atoms with Crippen molar-refractivity contribution in [2.45, 2.75) is 13.5 Å². The van der Waals surface area contributed by atoms with Gasteiger partial charge in [-0.2, -0.15) is 5.10 Å². The molecule has 0 saturated heterocycles. The molecule has 1 aromatic carbocycles. The van der Waals surface area contributed by atoms with Crippen molar-refractivity contribution in [3.63, 3.8) is 0 Å². The highest BCUT2D eigenvalue weighted by Crippen LogP contribution is 2.21. The van der Waals surface area contributed by atoms with Crippen LogP contribution >= 0.6 is 11.6 Å². The zero-order valence-corrected chi connectivity index (χ0v) is 11.5. The molecule has 0 aliphatic rings. The second-order valence-corrected chi connectivity index (χ2v) is 4.43. The van der Waals surface area contributed by atoms with Crippen LogP contribution in [0.2, 0.25) is 5.02 Å². The third-order valence-corrected chi connectivity index (χ3v) is 3.30. The Morgan fingerprint density at radius 2 is 2.00 bits per heavy atom. The second kappa shape index (κ2) is 5.31. The van der Waals surface area contributed by atoms with E-state index in [9.17, 15) is 0 Å². The van der Waals surface area contributed by atoms with Crippen LogP contribution in [0.1, 0.15) is 11.4 Å². The number of benzene rings is 1. The van der Waals surface area contributed by atoms with E-state index in [1.165, 1.54) is 0 Å². The average molecular weight is 266 g/mol. The molecule has 0 amide bonds. The molecule has 0 radical (unpaired) electrons. The normalized spacial score (nSPS) is 10.4. The minimum Gasteiger partial charge on any atom is -0.497 e. The quantitative estimate of drug-likeness (QED) is 0.924. The number of nitrogens with one attached hydrogen (secondary N) is 1. The van der Waals surface area contributed by atoms with Gasteiger partial charge >= 0.3 is 0 Å². The number of ether oxygens (including phenoxy) is 1. The molecule has 5 heteroatoms. The Morgan fingerprint density at radius 1 is 1.33 bits per heavy atom. The number of anilines is 1. The number of hydrogen-bond donors (Lipinski definition) is 1. The van der Waals surface area contributed by atoms with Crippen molar-refractivity contribution in [3.05, 3.63) is 40.7 Å². The van der Waals surface area contributed by atoms with Crippen LogP contribution in [0, 0.1) is 6.92 Å². The molecule has 0 saturated carbocycles. The summed E-state index contributed by atoms with van der Waals surface area (Å²) >= 11 is 6.18. The minimum absolute atomic E-state index is 0.641. The largest absolute Gasteiger partial charge is 0.497 e. The van der Waals surface area contributed by atoms with E-state index in [0.717, 1.165) is 27.8 Å². The predicted molar refractivity (Wildman–Crippen MR) is 73.3 cm³/mol. The Bertz CT molecular complexity index is 534. The summed E-state index contributed by atoms with van der Waals surface area (Å²) in [6.07, 6.45) is 0. The number of hydrogen-bond acceptors (Lipinski definition) is 3. The van der Waals surface area contributed by atoms with Crippen LogP contribution in [-0.4, -0.2) is 16.9 Å². The lowest BCUT2D eigenvalue weighted by atomic mass is 10.3. The number of methoxy groups -OCH3 is 1. The predicted octanol–water partition coefficient (Wildman–Crippen LogP) is 3.00. The number of aromatic nitrogens is 2. The van der Waals surface area contributed by atoms with Gasteiger partial charge in [0.15, 0.2) is 0 Å². The van der Waals surface area contributed by atoms with Gasteiger partial charge in [0, 0.05) is 12.7 Å². The van der Waals surface area contributed by atoms with Crippen LogP contribution in [0.15, 0.2) is 24.3 Å². The number of aryl methyl sites for hydroxylation is 2. The van der Waals surface area contributed by atoms with Crippen molar-refractivity contribution in [2.24, 2.45) is 7.05 Å². The fraction of sp³-hybridized carbons (Fsp3) is 0.308. The van der Waals surface area contributed by atoms with E-state index in [1.807, 2.05) is 38.2 Å². The lowest BCUT2D eigenvalue weighted by Crippen LogP contribution is -2.05. The Labute approximate surface area is 112 Å². The summed E-state index contributed by atoms with van der Waals surface area (Å²) in [5.41, 5.74) is 2.85. The lowest BCUT2D eigenvalue weighted by Gasteiger charge is -2.08. The maximum Gasteiger partial charge on any atom is 0.119 e. The maximum atomic E-state index is 6.18. The Balaban J connectivity index is 2.06. The molecule has 2 aromatic rings. The van der Waals surface area contributed by atoms with Gasteiger partial charge in [0.05, 0.1) is 30.1 Å². The fourth-order valence-corrected chi connectivity index (χ4v) is 1.99. The summed E-state index contributed by atoms with van der Waals surface area (Å²) < 4.78 is 6.91. The highest BCUT2D eigenvalue weighted by Gasteiger charge is 2.10. The first kappa shape index (κ1) is 12.8. The molecule has 0 spiro atoms. The van der Waals surface area contributed by atoms with Crippen LogP contribution in [0.5, 0.6) is 5.75 Å². The topological polar surface area (TPSA) is 39.1 Å². The SMILES string of the molecule is COc1ccc(NCc2c(Cl)c(C)nn2C)cc1. The van der Waals surface area contributed by atoms with E-state index in [4.69, 9.17) is 16.3 Å². The van der Waals surface area contributed by atoms with Gasteiger partial charge in [0.2, 0.25) is 0 Å². The fourth-order valence-electron chi connectivity index (χ4n) is 1.77. The molecule has 0 bridgehead atoms. The highest BCUT2D eigenvalue weighted by molar-refractivity contribution is 6.31. The molecule has 18 heavy (non-hydrogen) atoms. The van der Waals surface area contributed by atoms with Crippen molar-refractivity contribution in [1.29, 1.82) is 0 Å². The summed E-state index contributed by atoms with van der Waals surface area (Å²) in [5, 5.41) is 8.30. The first-order valence-corrected chi connectivity index (χ1v) is 6.05. The molecule has 0 unspecified atom stereocenters. The summed E-state index contributed by atoms with van der Waals surface area (Å²) in [6, 6.07) is 7.77. The van der Waals surface area contributed by atoms with E-state index < -0.39 is 0 Å². The highest BCUT2D eigenvalue weighted by atomic mass is 35.5. The van der Waals surface area contributed by atoms with E-state index in [1.54, 1.807) is 11.8 Å². The van der Waals surface area contributed by atoms with Gasteiger partial charge in [-0.05, 0) is 31.2 Å². The van der Waals surface area contributed by atoms with Crippen molar-refractivity contribution in [1.82, 2.24) is 9.78 Å². The van der Waals surface area contributed by atoms with Gasteiger partial charge in [0.1, 0.15) is 5.75 Å². The Morgan fingerprint density at radius 3 is 2.50 bits per heavy atom. The zero-order chi connectivity index (χ0) is 13.1. The molecule has 1 N–H and O–H groups in total. The van der Waals surface area contributed by atoms with Crippen molar-refractivity contribution >= 4 is 17.3 Å².